The number of rotatable bonds is 6. The number of methoxy groups -OCH3 is 2. The van der Waals surface area contributed by atoms with Crippen LogP contribution in [0.15, 0.2) is 0 Å². The Morgan fingerprint density at radius 1 is 1.25 bits per heavy atom. The molecule has 0 aromatic carbocycles. The van der Waals surface area contributed by atoms with Gasteiger partial charge in [-0.3, -0.25) is 4.90 Å². The van der Waals surface area contributed by atoms with E-state index >= 15 is 0 Å². The lowest BCUT2D eigenvalue weighted by molar-refractivity contribution is -0.115. The van der Waals surface area contributed by atoms with Crippen molar-refractivity contribution in [3.63, 3.8) is 0 Å². The van der Waals surface area contributed by atoms with Gasteiger partial charge in [0.1, 0.15) is 0 Å². The Labute approximate surface area is 74.1 Å². The van der Waals surface area contributed by atoms with Crippen molar-refractivity contribution in [1.29, 1.82) is 0 Å². The fourth-order valence-electron chi connectivity index (χ4n) is 1.03. The summed E-state index contributed by atoms with van der Waals surface area (Å²) in [6.07, 6.45) is -0.530. The highest BCUT2D eigenvalue weighted by atomic mass is 16.7. The van der Waals surface area contributed by atoms with E-state index in [9.17, 15) is 0 Å². The quantitative estimate of drug-likeness (QED) is 0.576. The number of nitrogens with zero attached hydrogens (tertiary/aromatic N) is 1. The van der Waals surface area contributed by atoms with Crippen LogP contribution >= 0.6 is 0 Å². The Morgan fingerprint density at radius 3 is 2.08 bits per heavy atom. The molecule has 1 atom stereocenters. The van der Waals surface area contributed by atoms with E-state index in [1.165, 1.54) is 0 Å². The summed E-state index contributed by atoms with van der Waals surface area (Å²) in [5.74, 6) is 0. The Balaban J connectivity index is 3.58. The van der Waals surface area contributed by atoms with Crippen LogP contribution < -0.4 is 0 Å². The molecule has 4 heteroatoms. The molecule has 0 saturated carbocycles. The summed E-state index contributed by atoms with van der Waals surface area (Å²) >= 11 is 0. The van der Waals surface area contributed by atoms with Crippen LogP contribution in [0, 0.1) is 0 Å². The van der Waals surface area contributed by atoms with Gasteiger partial charge in [-0.1, -0.05) is 0 Å². The second-order valence-corrected chi connectivity index (χ2v) is 2.97. The van der Waals surface area contributed by atoms with Gasteiger partial charge in [-0.05, 0) is 14.0 Å². The molecule has 0 rings (SSSR count). The smallest absolute Gasteiger partial charge is 0.169 e. The molecule has 0 aliphatic rings. The molecule has 1 N–H and O–H groups in total. The number of hydrogen-bond acceptors (Lipinski definition) is 4. The lowest BCUT2D eigenvalue weighted by atomic mass is 10.4. The minimum absolute atomic E-state index is 0.214. The third kappa shape index (κ3) is 5.49. The molecule has 0 radical (unpaired) electrons. The molecule has 0 fully saturated rings. The van der Waals surface area contributed by atoms with E-state index in [0.29, 0.717) is 13.1 Å². The molecule has 0 heterocycles. The number of hydrogen-bond donors (Lipinski definition) is 1. The molecule has 0 aromatic heterocycles. The molecule has 0 saturated heterocycles. The fraction of sp³-hybridized carbons (Fsp3) is 1.00. The number of aliphatic hydroxyl groups is 1. The maximum Gasteiger partial charge on any atom is 0.169 e. The van der Waals surface area contributed by atoms with Crippen molar-refractivity contribution in [3.05, 3.63) is 0 Å². The summed E-state index contributed by atoms with van der Waals surface area (Å²) in [7, 11) is 5.12. The van der Waals surface area contributed by atoms with Crippen molar-refractivity contribution in [2.75, 3.05) is 34.4 Å². The molecular weight excluding hydrogens is 158 g/mol. The molecule has 0 aliphatic heterocycles. The van der Waals surface area contributed by atoms with Crippen LogP contribution in [0.2, 0.25) is 0 Å². The van der Waals surface area contributed by atoms with Crippen molar-refractivity contribution < 1.29 is 14.6 Å². The van der Waals surface area contributed by atoms with Gasteiger partial charge >= 0.3 is 0 Å². The van der Waals surface area contributed by atoms with Crippen molar-refractivity contribution in [2.24, 2.45) is 0 Å². The van der Waals surface area contributed by atoms with Crippen molar-refractivity contribution in [1.82, 2.24) is 4.90 Å². The average molecular weight is 177 g/mol. The van der Waals surface area contributed by atoms with Crippen LogP contribution in [-0.4, -0.2) is 56.8 Å². The van der Waals surface area contributed by atoms with Crippen LogP contribution in [0.3, 0.4) is 0 Å². The van der Waals surface area contributed by atoms with Gasteiger partial charge in [0.25, 0.3) is 0 Å². The molecule has 0 amide bonds. The van der Waals surface area contributed by atoms with E-state index in [1.54, 1.807) is 21.1 Å². The lowest BCUT2D eigenvalue weighted by Gasteiger charge is -2.22. The predicted octanol–water partition coefficient (Wildman–Crippen LogP) is -0.0821. The molecule has 1 unspecified atom stereocenters. The van der Waals surface area contributed by atoms with Gasteiger partial charge in [0, 0.05) is 27.3 Å². The van der Waals surface area contributed by atoms with E-state index in [0.717, 1.165) is 0 Å². The summed E-state index contributed by atoms with van der Waals surface area (Å²) in [6.45, 7) is 3.05. The number of likely N-dealkylation sites (N-methyl/N-ethyl adjacent to an activating group) is 1. The third-order valence-corrected chi connectivity index (χ3v) is 1.56. The monoisotopic (exact) mass is 177 g/mol. The van der Waals surface area contributed by atoms with E-state index in [2.05, 4.69) is 0 Å². The zero-order valence-electron chi connectivity index (χ0n) is 8.28. The molecule has 0 aliphatic carbocycles. The zero-order chi connectivity index (χ0) is 9.56. The first kappa shape index (κ1) is 11.8. The molecule has 4 nitrogen and oxygen atoms in total. The van der Waals surface area contributed by atoms with Gasteiger partial charge in [0.05, 0.1) is 6.10 Å². The lowest BCUT2D eigenvalue weighted by Crippen LogP contribution is -2.35. The van der Waals surface area contributed by atoms with Crippen molar-refractivity contribution in [2.45, 2.75) is 19.3 Å². The second kappa shape index (κ2) is 6.37. The SMILES string of the molecule is COC(CN(C)CC(C)O)OC. The maximum absolute atomic E-state index is 9.06. The van der Waals surface area contributed by atoms with E-state index in [-0.39, 0.29) is 12.4 Å². The molecule has 0 bridgehead atoms. The Morgan fingerprint density at radius 2 is 1.75 bits per heavy atom. The van der Waals surface area contributed by atoms with Crippen LogP contribution in [0.25, 0.3) is 0 Å². The average Bonchev–Trinajstić information content (AvgIpc) is 1.98. The van der Waals surface area contributed by atoms with E-state index in [4.69, 9.17) is 14.6 Å². The Kier molecular flexibility index (Phi) is 6.28. The first-order chi connectivity index (χ1) is 5.60. The van der Waals surface area contributed by atoms with E-state index in [1.807, 2.05) is 11.9 Å². The number of aliphatic hydroxyl groups excluding tert-OH is 1. The second-order valence-electron chi connectivity index (χ2n) is 2.97. The zero-order valence-corrected chi connectivity index (χ0v) is 8.28. The minimum atomic E-state index is -0.315. The van der Waals surface area contributed by atoms with Gasteiger partial charge in [-0.2, -0.15) is 0 Å². The molecular formula is C8H19NO3. The summed E-state index contributed by atoms with van der Waals surface area (Å²) in [6, 6.07) is 0. The van der Waals surface area contributed by atoms with Crippen LogP contribution in [0.4, 0.5) is 0 Å². The van der Waals surface area contributed by atoms with Gasteiger partial charge in [0.15, 0.2) is 6.29 Å². The highest BCUT2D eigenvalue weighted by Gasteiger charge is 2.10. The molecule has 0 aromatic rings. The topological polar surface area (TPSA) is 41.9 Å². The van der Waals surface area contributed by atoms with Gasteiger partial charge in [-0.15, -0.1) is 0 Å². The minimum Gasteiger partial charge on any atom is -0.392 e. The predicted molar refractivity (Wildman–Crippen MR) is 47.0 cm³/mol. The Hall–Kier alpha value is -0.160. The van der Waals surface area contributed by atoms with E-state index < -0.39 is 0 Å². The summed E-state index contributed by atoms with van der Waals surface area (Å²) < 4.78 is 10.0. The highest BCUT2D eigenvalue weighted by Crippen LogP contribution is 1.95. The molecule has 12 heavy (non-hydrogen) atoms. The fourth-order valence-corrected chi connectivity index (χ4v) is 1.03. The van der Waals surface area contributed by atoms with Crippen molar-refractivity contribution >= 4 is 0 Å². The van der Waals surface area contributed by atoms with Crippen LogP contribution in [0.1, 0.15) is 6.92 Å². The molecule has 0 spiro atoms. The van der Waals surface area contributed by atoms with Gasteiger partial charge < -0.3 is 14.6 Å². The normalized spacial score (nSPS) is 14.2. The van der Waals surface area contributed by atoms with Crippen LogP contribution in [0.5, 0.6) is 0 Å². The largest absolute Gasteiger partial charge is 0.392 e. The van der Waals surface area contributed by atoms with Gasteiger partial charge in [-0.25, -0.2) is 0 Å². The maximum atomic E-state index is 9.06. The standard InChI is InChI=1S/C8H19NO3/c1-7(10)5-9(2)6-8(11-3)12-4/h7-8,10H,5-6H2,1-4H3. The van der Waals surface area contributed by atoms with Crippen LogP contribution in [-0.2, 0) is 9.47 Å². The first-order valence-corrected chi connectivity index (χ1v) is 4.02. The third-order valence-electron chi connectivity index (χ3n) is 1.56. The molecule has 74 valence electrons. The highest BCUT2D eigenvalue weighted by molar-refractivity contribution is 4.57. The van der Waals surface area contributed by atoms with Crippen molar-refractivity contribution in [3.8, 4) is 0 Å². The first-order valence-electron chi connectivity index (χ1n) is 4.02. The van der Waals surface area contributed by atoms with Gasteiger partial charge in [0.2, 0.25) is 0 Å². The number of ether oxygens (including phenoxy) is 2. The summed E-state index contributed by atoms with van der Waals surface area (Å²) in [5, 5.41) is 9.06. The summed E-state index contributed by atoms with van der Waals surface area (Å²) in [5.41, 5.74) is 0. The summed E-state index contributed by atoms with van der Waals surface area (Å²) in [4.78, 5) is 1.96. The Bertz CT molecular complexity index is 104.